The molecule has 8 heteroatoms. The van der Waals surface area contributed by atoms with Crippen LogP contribution in [0.4, 0.5) is 0 Å². The first kappa shape index (κ1) is 38.3. The molecule has 0 amide bonds. The zero-order valence-corrected chi connectivity index (χ0v) is 26.9. The van der Waals surface area contributed by atoms with Crippen molar-refractivity contribution >= 4 is 23.8 Å². The number of hydrogen-bond donors (Lipinski definition) is 4. The number of nitrogens with one attached hydrogen (secondary N) is 3. The smallest absolute Gasteiger partial charge is 0.140 e. The second-order valence-corrected chi connectivity index (χ2v) is 9.67. The Balaban J connectivity index is 0.00000263. The van der Waals surface area contributed by atoms with E-state index in [2.05, 4.69) is 92.7 Å². The number of amidine groups is 1. The Morgan fingerprint density at radius 3 is 2.52 bits per heavy atom. The first-order valence-corrected chi connectivity index (χ1v) is 14.9. The van der Waals surface area contributed by atoms with Gasteiger partial charge in [0.2, 0.25) is 0 Å². The minimum atomic E-state index is 0.0609. The largest absolute Gasteiger partial charge is 0.382 e. The summed E-state index contributed by atoms with van der Waals surface area (Å²) in [5.74, 6) is 0.281. The van der Waals surface area contributed by atoms with Crippen molar-refractivity contribution < 1.29 is 4.74 Å². The van der Waals surface area contributed by atoms with E-state index in [1.54, 1.807) is 0 Å². The van der Waals surface area contributed by atoms with E-state index in [4.69, 9.17) is 26.4 Å². The predicted octanol–water partition coefficient (Wildman–Crippen LogP) is 6.28. The fourth-order valence-corrected chi connectivity index (χ4v) is 4.58. The quantitative estimate of drug-likeness (QED) is 0.0768. The maximum absolute atomic E-state index is 8.14. The van der Waals surface area contributed by atoms with Gasteiger partial charge in [-0.15, -0.1) is 12.8 Å². The Bertz CT molecular complexity index is 1080. The average molecular weight is 578 g/mol. The molecule has 5 N–H and O–H groups in total. The van der Waals surface area contributed by atoms with E-state index < -0.39 is 0 Å². The van der Waals surface area contributed by atoms with Gasteiger partial charge in [-0.2, -0.15) is 5.10 Å². The lowest BCUT2D eigenvalue weighted by Gasteiger charge is -2.26. The summed E-state index contributed by atoms with van der Waals surface area (Å²) in [6.07, 6.45) is 25.1. The van der Waals surface area contributed by atoms with Crippen LogP contribution < -0.4 is 5.73 Å². The molecule has 2 aliphatic rings. The van der Waals surface area contributed by atoms with E-state index in [-0.39, 0.29) is 11.8 Å². The molecule has 1 saturated heterocycles. The van der Waals surface area contributed by atoms with E-state index in [0.29, 0.717) is 5.69 Å². The molecule has 232 valence electrons. The molecule has 1 aliphatic carbocycles. The SMILES string of the molecule is C#C.C/C=C(\C/C=C\CC)CN(C)/N=C1/C=C(c2cc(CCCN3CCOCC3)[nH]c2C(=N)N)C=CC1C.C=N.CC. The van der Waals surface area contributed by atoms with Gasteiger partial charge in [-0.3, -0.25) is 15.3 Å². The molecule has 1 fully saturated rings. The third-order valence-corrected chi connectivity index (χ3v) is 6.72. The summed E-state index contributed by atoms with van der Waals surface area (Å²) in [4.78, 5) is 5.86. The van der Waals surface area contributed by atoms with Crippen molar-refractivity contribution in [2.75, 3.05) is 46.4 Å². The molecule has 0 spiro atoms. The highest BCUT2D eigenvalue weighted by Crippen LogP contribution is 2.27. The van der Waals surface area contributed by atoms with Crippen LogP contribution in [0.3, 0.4) is 0 Å². The average Bonchev–Trinajstić information content (AvgIpc) is 3.46. The van der Waals surface area contributed by atoms with Gasteiger partial charge < -0.3 is 20.9 Å². The number of nitrogen functional groups attached to an aromatic ring is 1. The molecular formula is C34H55N7O. The summed E-state index contributed by atoms with van der Waals surface area (Å²) in [5, 5.41) is 20.6. The maximum atomic E-state index is 8.14. The van der Waals surface area contributed by atoms with Gasteiger partial charge in [0.05, 0.1) is 31.2 Å². The second-order valence-electron chi connectivity index (χ2n) is 9.67. The summed E-state index contributed by atoms with van der Waals surface area (Å²) in [7, 11) is 2.03. The first-order chi connectivity index (χ1) is 20.4. The van der Waals surface area contributed by atoms with Crippen LogP contribution in [-0.2, 0) is 11.2 Å². The number of morpholine rings is 1. The molecule has 0 aromatic carbocycles. The van der Waals surface area contributed by atoms with Gasteiger partial charge in [0.15, 0.2) is 0 Å². The number of aromatic nitrogens is 1. The monoisotopic (exact) mass is 577 g/mol. The van der Waals surface area contributed by atoms with Crippen LogP contribution >= 0.6 is 0 Å². The minimum absolute atomic E-state index is 0.0609. The van der Waals surface area contributed by atoms with E-state index in [1.807, 2.05) is 25.9 Å². The second kappa shape index (κ2) is 23.0. The molecule has 3 rings (SSSR count). The molecule has 0 bridgehead atoms. The Labute approximate surface area is 255 Å². The standard InChI is InChI=1S/C29H44N6O.C2H6.C2H2.CH3N/c1-5-7-8-10-23(6-2)21-34(4)33-27-19-24(13-12-22(27)3)26-20-25(32-28(26)29(30)31)11-9-14-35-15-17-36-18-16-35;3*1-2/h6-8,12-13,19-20,22,32H,5,9-11,14-18,21H2,1-4H3,(H3,30,31);1-2H3;1-2H;2H,1H2/b8-7-,23-6+,33-27-;;;. The number of rotatable bonds is 12. The summed E-state index contributed by atoms with van der Waals surface area (Å²) >= 11 is 0. The van der Waals surface area contributed by atoms with Crippen molar-refractivity contribution in [2.45, 2.75) is 60.3 Å². The Hall–Kier alpha value is -3.67. The Kier molecular flexibility index (Phi) is 20.9. The number of nitrogens with two attached hydrogens (primary N) is 1. The van der Waals surface area contributed by atoms with Crippen LogP contribution in [0, 0.1) is 29.6 Å². The van der Waals surface area contributed by atoms with E-state index >= 15 is 0 Å². The summed E-state index contributed by atoms with van der Waals surface area (Å²) < 4.78 is 5.45. The number of allylic oxidation sites excluding steroid dienone is 7. The molecule has 1 aliphatic heterocycles. The molecule has 2 heterocycles. The van der Waals surface area contributed by atoms with E-state index in [9.17, 15) is 0 Å². The van der Waals surface area contributed by atoms with Crippen molar-refractivity contribution in [1.29, 1.82) is 10.8 Å². The Morgan fingerprint density at radius 1 is 1.26 bits per heavy atom. The number of hydrazone groups is 1. The number of terminal acetylenes is 1. The number of ether oxygens (including phenoxy) is 1. The third-order valence-electron chi connectivity index (χ3n) is 6.72. The summed E-state index contributed by atoms with van der Waals surface area (Å²) in [6, 6.07) is 2.15. The fraction of sp³-hybridized carbons (Fsp3) is 0.500. The van der Waals surface area contributed by atoms with Crippen molar-refractivity contribution in [3.63, 3.8) is 0 Å². The molecule has 8 nitrogen and oxygen atoms in total. The van der Waals surface area contributed by atoms with Gasteiger partial charge in [0, 0.05) is 37.3 Å². The van der Waals surface area contributed by atoms with Gasteiger partial charge in [0.25, 0.3) is 0 Å². The molecule has 0 saturated carbocycles. The molecule has 0 radical (unpaired) electrons. The molecule has 1 aromatic rings. The van der Waals surface area contributed by atoms with Crippen LogP contribution in [0.5, 0.6) is 0 Å². The number of aryl methyl sites for hydroxylation is 1. The van der Waals surface area contributed by atoms with Crippen LogP contribution in [-0.4, -0.2) is 79.6 Å². The molecular weight excluding hydrogens is 522 g/mol. The summed E-state index contributed by atoms with van der Waals surface area (Å²) in [6.45, 7) is 18.4. The van der Waals surface area contributed by atoms with Crippen LogP contribution in [0.1, 0.15) is 70.8 Å². The highest BCUT2D eigenvalue weighted by Gasteiger charge is 2.19. The normalized spacial score (nSPS) is 17.7. The van der Waals surface area contributed by atoms with Crippen molar-refractivity contribution in [3.8, 4) is 12.8 Å². The Morgan fingerprint density at radius 2 is 1.93 bits per heavy atom. The highest BCUT2D eigenvalue weighted by molar-refractivity contribution is 6.09. The molecule has 42 heavy (non-hydrogen) atoms. The topological polar surface area (TPSA) is 118 Å². The van der Waals surface area contributed by atoms with Crippen LogP contribution in [0.2, 0.25) is 0 Å². The third kappa shape index (κ3) is 13.3. The van der Waals surface area contributed by atoms with Gasteiger partial charge in [-0.25, -0.2) is 0 Å². The lowest BCUT2D eigenvalue weighted by molar-refractivity contribution is 0.0374. The number of nitrogens with zero attached hydrogens (tertiary/aromatic N) is 3. The number of likely N-dealkylation sites (N-methyl/N-ethyl adjacent to an activating group) is 1. The van der Waals surface area contributed by atoms with Gasteiger partial charge in [0.1, 0.15) is 5.84 Å². The zero-order valence-electron chi connectivity index (χ0n) is 26.9. The van der Waals surface area contributed by atoms with E-state index in [1.165, 1.54) is 5.57 Å². The summed E-state index contributed by atoms with van der Waals surface area (Å²) in [5.41, 5.74) is 12.1. The van der Waals surface area contributed by atoms with Gasteiger partial charge in [-0.1, -0.05) is 58.1 Å². The predicted molar refractivity (Wildman–Crippen MR) is 183 cm³/mol. The van der Waals surface area contributed by atoms with Crippen LogP contribution in [0.15, 0.2) is 53.2 Å². The minimum Gasteiger partial charge on any atom is -0.382 e. The number of H-pyrrole nitrogens is 1. The van der Waals surface area contributed by atoms with Gasteiger partial charge in [-0.05, 0) is 69.2 Å². The van der Waals surface area contributed by atoms with Crippen LogP contribution in [0.25, 0.3) is 5.57 Å². The highest BCUT2D eigenvalue weighted by atomic mass is 16.5. The first-order valence-electron chi connectivity index (χ1n) is 14.9. The lowest BCUT2D eigenvalue weighted by Crippen LogP contribution is -2.36. The molecule has 1 unspecified atom stereocenters. The lowest BCUT2D eigenvalue weighted by atomic mass is 9.92. The van der Waals surface area contributed by atoms with Crippen molar-refractivity contribution in [1.82, 2.24) is 14.9 Å². The maximum Gasteiger partial charge on any atom is 0.140 e. The van der Waals surface area contributed by atoms with E-state index in [0.717, 1.165) is 87.6 Å². The number of aromatic amines is 1. The number of hydrogen-bond acceptors (Lipinski definition) is 6. The van der Waals surface area contributed by atoms with Gasteiger partial charge >= 0.3 is 0 Å². The van der Waals surface area contributed by atoms with Crippen molar-refractivity contribution in [2.24, 2.45) is 16.8 Å². The van der Waals surface area contributed by atoms with Crippen molar-refractivity contribution in [3.05, 3.63) is 65.0 Å². The zero-order chi connectivity index (χ0) is 31.9. The fourth-order valence-electron chi connectivity index (χ4n) is 4.58. The molecule has 1 atom stereocenters. The molecule has 1 aromatic heterocycles.